The van der Waals surface area contributed by atoms with E-state index in [1.165, 1.54) is 57.4 Å². The van der Waals surface area contributed by atoms with Crippen LogP contribution in [-0.4, -0.2) is 160 Å². The molecule has 17 nitrogen and oxygen atoms in total. The molecule has 81 heavy (non-hydrogen) atoms. The van der Waals surface area contributed by atoms with Gasteiger partial charge in [-0.25, -0.2) is 9.59 Å². The van der Waals surface area contributed by atoms with Gasteiger partial charge in [0.25, 0.3) is 0 Å². The van der Waals surface area contributed by atoms with Gasteiger partial charge in [0.1, 0.15) is 36.1 Å². The van der Waals surface area contributed by atoms with Crippen molar-refractivity contribution < 1.29 is 81.5 Å². The molecule has 0 aromatic rings. The van der Waals surface area contributed by atoms with Crippen molar-refractivity contribution >= 4 is 23.7 Å². The first kappa shape index (κ1) is 61.0. The van der Waals surface area contributed by atoms with E-state index in [0.717, 1.165) is 24.8 Å². The number of hydrogen-bond donors (Lipinski definition) is 2. The zero-order valence-corrected chi connectivity index (χ0v) is 49.7. The molecule has 0 spiro atoms. The SMILES string of the molecule is C=C(C[C@@H]1C[C@H](O)[C@]2(C)O[C@@H]3C[C@@H]4O[C@@H]5C[C@]6(C)O[C@]7(C)CCC(=O)[C@@H]([C@H](C)C[C@@H]8O[C@@H]9C[C@@H]%10OC(=O)C=C(C)[C@H]%10O[C@@]9(C)C[C@H]8OC(=O)CCCCCCCCCCCCC)O[C@H]7C[C@H]6O[C@@]5(C)C/C=C\[C@H]4O[C@H]3C[C@H]2O1)C(=O)O. The molecule has 2 N–H and O–H groups in total. The van der Waals surface area contributed by atoms with Crippen LogP contribution in [0.2, 0.25) is 0 Å². The smallest absolute Gasteiger partial charge is 0.331 e. The number of carbonyl (C=O) groups is 4. The maximum atomic E-state index is 14.5. The maximum Gasteiger partial charge on any atom is 0.331 e. The van der Waals surface area contributed by atoms with Gasteiger partial charge in [0.2, 0.25) is 0 Å². The van der Waals surface area contributed by atoms with Crippen molar-refractivity contribution in [1.82, 2.24) is 0 Å². The van der Waals surface area contributed by atoms with E-state index >= 15 is 0 Å². The Hall–Kier alpha value is -3.10. The lowest BCUT2D eigenvalue weighted by Crippen LogP contribution is -2.70. The van der Waals surface area contributed by atoms with Gasteiger partial charge in [-0.2, -0.15) is 0 Å². The summed E-state index contributed by atoms with van der Waals surface area (Å²) >= 11 is 0. The van der Waals surface area contributed by atoms with Crippen LogP contribution in [0.4, 0.5) is 0 Å². The fourth-order valence-electron chi connectivity index (χ4n) is 15.6. The molecule has 0 unspecified atom stereocenters. The van der Waals surface area contributed by atoms with Gasteiger partial charge in [-0.05, 0) is 78.7 Å². The topological polar surface area (TPSA) is 210 Å². The van der Waals surface area contributed by atoms with Gasteiger partial charge >= 0.3 is 17.9 Å². The Morgan fingerprint density at radius 2 is 1.43 bits per heavy atom. The van der Waals surface area contributed by atoms with Crippen molar-refractivity contribution in [2.75, 3.05) is 0 Å². The molecule has 454 valence electrons. The second kappa shape index (κ2) is 24.7. The molecule has 0 aromatic heterocycles. The molecular weight excluding hydrogens is 1040 g/mol. The largest absolute Gasteiger partial charge is 0.478 e. The third kappa shape index (κ3) is 13.0. The highest BCUT2D eigenvalue weighted by Gasteiger charge is 2.64. The van der Waals surface area contributed by atoms with Gasteiger partial charge in [0.05, 0.1) is 89.5 Å². The summed E-state index contributed by atoms with van der Waals surface area (Å²) in [5.41, 5.74) is -3.34. The lowest BCUT2D eigenvalue weighted by atomic mass is 9.72. The molecule has 0 aromatic carbocycles. The number of unbranched alkanes of at least 4 members (excludes halogenated alkanes) is 10. The van der Waals surface area contributed by atoms with E-state index in [0.29, 0.717) is 64.2 Å². The number of ether oxygens (including phenoxy) is 11. The number of aliphatic hydroxyl groups is 1. The number of aliphatic carboxylic acids is 1. The molecule has 8 saturated heterocycles. The third-order valence-electron chi connectivity index (χ3n) is 20.6. The number of carboxylic acid groups (broad SMARTS) is 1. The second-order valence-electron chi connectivity index (χ2n) is 27.3. The van der Waals surface area contributed by atoms with Gasteiger partial charge in [-0.3, -0.25) is 9.59 Å². The summed E-state index contributed by atoms with van der Waals surface area (Å²) in [6.45, 7) is 20.0. The van der Waals surface area contributed by atoms with E-state index in [1.54, 1.807) is 0 Å². The predicted molar refractivity (Wildman–Crippen MR) is 297 cm³/mol. The highest BCUT2D eigenvalue weighted by molar-refractivity contribution is 5.86. The first-order valence-corrected chi connectivity index (χ1v) is 31.4. The fraction of sp³-hybridized carbons (Fsp3) is 0.844. The Bertz CT molecular complexity index is 2360. The highest BCUT2D eigenvalue weighted by Crippen LogP contribution is 2.54. The number of carbonyl (C=O) groups excluding carboxylic acids is 3. The zero-order valence-electron chi connectivity index (χ0n) is 49.7. The fourth-order valence-corrected chi connectivity index (χ4v) is 15.6. The minimum absolute atomic E-state index is 0.00766. The summed E-state index contributed by atoms with van der Waals surface area (Å²) < 4.78 is 74.6. The van der Waals surface area contributed by atoms with Crippen LogP contribution in [-0.2, 0) is 71.3 Å². The van der Waals surface area contributed by atoms with E-state index in [9.17, 15) is 29.4 Å². The minimum atomic E-state index is -1.08. The average Bonchev–Trinajstić information content (AvgIpc) is 3.59. The molecule has 0 amide bonds. The molecule has 0 saturated carbocycles. The van der Waals surface area contributed by atoms with Crippen molar-refractivity contribution in [3.63, 3.8) is 0 Å². The molecule has 0 aliphatic carbocycles. The molecule has 22 atom stereocenters. The van der Waals surface area contributed by atoms with Crippen LogP contribution >= 0.6 is 0 Å². The number of aliphatic hydroxyl groups excluding tert-OH is 1. The van der Waals surface area contributed by atoms with Gasteiger partial charge < -0.3 is 62.3 Å². The van der Waals surface area contributed by atoms with Crippen LogP contribution in [0.5, 0.6) is 0 Å². The van der Waals surface area contributed by atoms with Crippen LogP contribution in [0.1, 0.15) is 209 Å². The van der Waals surface area contributed by atoms with Crippen molar-refractivity contribution in [1.29, 1.82) is 0 Å². The number of fused-ring (bicyclic) bond motifs is 8. The Morgan fingerprint density at radius 1 is 0.728 bits per heavy atom. The molecule has 10 rings (SSSR count). The molecule has 8 fully saturated rings. The maximum absolute atomic E-state index is 14.5. The zero-order chi connectivity index (χ0) is 57.6. The third-order valence-corrected chi connectivity index (χ3v) is 20.6. The lowest BCUT2D eigenvalue weighted by molar-refractivity contribution is -0.356. The number of hydrogen-bond acceptors (Lipinski definition) is 16. The Kier molecular flexibility index (Phi) is 18.6. The Balaban J connectivity index is 0.784. The van der Waals surface area contributed by atoms with Crippen LogP contribution in [0, 0.1) is 5.92 Å². The van der Waals surface area contributed by atoms with Gasteiger partial charge in [0, 0.05) is 75.9 Å². The van der Waals surface area contributed by atoms with Crippen LogP contribution in [0.3, 0.4) is 0 Å². The number of rotatable bonds is 19. The number of Topliss-reactive ketones (excluding diaryl/α,β-unsaturated/α-hetero) is 1. The summed E-state index contributed by atoms with van der Waals surface area (Å²) in [5.74, 6) is -2.07. The Labute approximate surface area is 480 Å². The van der Waals surface area contributed by atoms with E-state index in [1.807, 2.05) is 27.7 Å². The summed E-state index contributed by atoms with van der Waals surface area (Å²) in [4.78, 5) is 52.3. The first-order chi connectivity index (χ1) is 38.5. The molecule has 0 radical (unpaired) electrons. The molecule has 0 bridgehead atoms. The summed E-state index contributed by atoms with van der Waals surface area (Å²) in [6.07, 6.45) is 15.9. The number of carboxylic acids is 1. The molecule has 10 aliphatic heterocycles. The van der Waals surface area contributed by atoms with Crippen LogP contribution < -0.4 is 0 Å². The first-order valence-electron chi connectivity index (χ1n) is 31.4. The van der Waals surface area contributed by atoms with Gasteiger partial charge in [0.15, 0.2) is 5.78 Å². The van der Waals surface area contributed by atoms with Crippen molar-refractivity contribution in [2.45, 2.75) is 335 Å². The number of ketones is 1. The molecule has 10 aliphatic rings. The molecular formula is C64H96O17. The lowest BCUT2D eigenvalue weighted by Gasteiger charge is -2.60. The standard InChI is InChI=1S/C64H96O17/c1-10-11-12-13-14-15-16-17-18-19-20-23-55(67)76-48-35-62(7)50(33-47-58(80-62)38(3)29-56(68)75-47)73-43(48)28-37(2)57-41(65)24-26-61(6)51(77-57)34-52-63(8,81-61)36-54-60(5,79-52)25-21-22-42-44(74-54)31-46-45(72-42)32-53-64(9,78-46)49(66)30-40(71-53)27-39(4)59(69)70/h21-22,29,37,40,42-54,57-58,66H,4,10-20,23-28,30-36H2,1-3,5-9H3,(H,69,70)/b22-21-/t37-,40-,42-,43+,44+,45+,46-,47+,48-,49+,50-,51+,52-,53-,54-,57-,58-,60+,61-,62+,63+,64+/m1/s1. The minimum Gasteiger partial charge on any atom is -0.478 e. The van der Waals surface area contributed by atoms with Crippen molar-refractivity contribution in [3.05, 3.63) is 36.0 Å². The normalized spacial score (nSPS) is 45.3. The predicted octanol–water partition coefficient (Wildman–Crippen LogP) is 9.77. The highest BCUT2D eigenvalue weighted by atomic mass is 16.6. The quantitative estimate of drug-likeness (QED) is 0.0533. The number of esters is 2. The average molecular weight is 1140 g/mol. The summed E-state index contributed by atoms with van der Waals surface area (Å²) in [5, 5.41) is 21.0. The van der Waals surface area contributed by atoms with Crippen molar-refractivity contribution in [3.8, 4) is 0 Å². The summed E-state index contributed by atoms with van der Waals surface area (Å²) in [7, 11) is 0. The van der Waals surface area contributed by atoms with Gasteiger partial charge in [-0.1, -0.05) is 96.8 Å². The van der Waals surface area contributed by atoms with Crippen molar-refractivity contribution in [2.24, 2.45) is 5.92 Å². The summed E-state index contributed by atoms with van der Waals surface area (Å²) in [6, 6.07) is 0. The van der Waals surface area contributed by atoms with E-state index in [-0.39, 0.29) is 79.1 Å². The monoisotopic (exact) mass is 1140 g/mol. The van der Waals surface area contributed by atoms with E-state index in [4.69, 9.17) is 52.1 Å². The van der Waals surface area contributed by atoms with Crippen LogP contribution in [0.25, 0.3) is 0 Å². The van der Waals surface area contributed by atoms with E-state index < -0.39 is 101 Å². The molecule has 10 heterocycles. The van der Waals surface area contributed by atoms with Gasteiger partial charge in [-0.15, -0.1) is 0 Å². The second-order valence-corrected chi connectivity index (χ2v) is 27.3. The van der Waals surface area contributed by atoms with Crippen LogP contribution in [0.15, 0.2) is 36.0 Å². The molecule has 17 heteroatoms. The van der Waals surface area contributed by atoms with E-state index in [2.05, 4.69) is 46.4 Å². The Morgan fingerprint density at radius 3 is 2.16 bits per heavy atom.